The van der Waals surface area contributed by atoms with Gasteiger partial charge in [-0.05, 0) is 32.0 Å². The average molecular weight is 238 g/mol. The van der Waals surface area contributed by atoms with Gasteiger partial charge in [-0.25, -0.2) is 4.98 Å². The predicted molar refractivity (Wildman–Crippen MR) is 66.0 cm³/mol. The molecule has 0 aliphatic carbocycles. The van der Waals surface area contributed by atoms with Gasteiger partial charge in [0.25, 0.3) is 0 Å². The first-order chi connectivity index (χ1) is 7.74. The SMILES string of the molecule is CN1C2CC[C@@H]1CN(c1ccc(Cl)cn1)C2. The molecule has 3 rings (SSSR count). The fraction of sp³-hybridized carbons (Fsp3) is 0.583. The Morgan fingerprint density at radius 2 is 1.94 bits per heavy atom. The third-order valence-electron chi connectivity index (χ3n) is 3.88. The van der Waals surface area contributed by atoms with Crippen molar-refractivity contribution in [2.75, 3.05) is 25.0 Å². The molecule has 3 nitrogen and oxygen atoms in total. The zero-order chi connectivity index (χ0) is 11.1. The minimum atomic E-state index is 0.705. The van der Waals surface area contributed by atoms with E-state index in [2.05, 4.69) is 21.8 Å². The molecular weight excluding hydrogens is 222 g/mol. The molecule has 2 aliphatic heterocycles. The summed E-state index contributed by atoms with van der Waals surface area (Å²) < 4.78 is 0. The van der Waals surface area contributed by atoms with Crippen LogP contribution in [0.25, 0.3) is 0 Å². The summed E-state index contributed by atoms with van der Waals surface area (Å²) in [5, 5.41) is 0.709. The second kappa shape index (κ2) is 3.90. The molecule has 2 fully saturated rings. The van der Waals surface area contributed by atoms with E-state index in [9.17, 15) is 0 Å². The second-order valence-corrected chi connectivity index (χ2v) is 5.23. The molecule has 0 N–H and O–H groups in total. The maximum absolute atomic E-state index is 5.85. The van der Waals surface area contributed by atoms with Crippen molar-refractivity contribution in [3.05, 3.63) is 23.4 Å². The molecule has 4 heteroatoms. The van der Waals surface area contributed by atoms with Gasteiger partial charge in [0.05, 0.1) is 5.02 Å². The highest BCUT2D eigenvalue weighted by Crippen LogP contribution is 2.30. The summed E-state index contributed by atoms with van der Waals surface area (Å²) in [5.74, 6) is 1.06. The fourth-order valence-corrected chi connectivity index (χ4v) is 2.97. The second-order valence-electron chi connectivity index (χ2n) is 4.79. The van der Waals surface area contributed by atoms with Crippen molar-refractivity contribution in [1.82, 2.24) is 9.88 Å². The Kier molecular flexibility index (Phi) is 2.52. The molecule has 0 spiro atoms. The molecule has 16 heavy (non-hydrogen) atoms. The Bertz CT molecular complexity index is 364. The van der Waals surface area contributed by atoms with E-state index in [1.807, 2.05) is 12.1 Å². The first kappa shape index (κ1) is 10.4. The van der Waals surface area contributed by atoms with Crippen LogP contribution in [0.1, 0.15) is 12.8 Å². The minimum Gasteiger partial charge on any atom is -0.353 e. The van der Waals surface area contributed by atoms with Crippen LogP contribution < -0.4 is 4.90 Å². The molecule has 0 aromatic carbocycles. The molecule has 0 amide bonds. The van der Waals surface area contributed by atoms with Crippen LogP contribution >= 0.6 is 11.6 Å². The number of aromatic nitrogens is 1. The van der Waals surface area contributed by atoms with Crippen molar-refractivity contribution >= 4 is 17.4 Å². The minimum absolute atomic E-state index is 0.705. The predicted octanol–water partition coefficient (Wildman–Crippen LogP) is 2.02. The maximum atomic E-state index is 5.85. The normalized spacial score (nSPS) is 29.8. The lowest BCUT2D eigenvalue weighted by molar-refractivity contribution is 0.212. The van der Waals surface area contributed by atoms with Crippen LogP contribution in [0.15, 0.2) is 18.3 Å². The van der Waals surface area contributed by atoms with E-state index in [0.717, 1.165) is 18.9 Å². The molecule has 3 heterocycles. The highest BCUT2D eigenvalue weighted by molar-refractivity contribution is 6.30. The zero-order valence-electron chi connectivity index (χ0n) is 9.43. The number of hydrogen-bond acceptors (Lipinski definition) is 3. The van der Waals surface area contributed by atoms with E-state index in [1.165, 1.54) is 12.8 Å². The van der Waals surface area contributed by atoms with Gasteiger partial charge in [-0.15, -0.1) is 0 Å². The quantitative estimate of drug-likeness (QED) is 0.745. The number of anilines is 1. The maximum Gasteiger partial charge on any atom is 0.128 e. The summed E-state index contributed by atoms with van der Waals surface area (Å²) in [6.07, 6.45) is 4.38. The average Bonchev–Trinajstić information content (AvgIpc) is 2.54. The van der Waals surface area contributed by atoms with E-state index in [4.69, 9.17) is 11.6 Å². The number of rotatable bonds is 1. The molecule has 1 aromatic heterocycles. The molecule has 86 valence electrons. The van der Waals surface area contributed by atoms with Crippen molar-refractivity contribution in [3.63, 3.8) is 0 Å². The van der Waals surface area contributed by atoms with Crippen molar-refractivity contribution in [2.45, 2.75) is 24.9 Å². The van der Waals surface area contributed by atoms with Crippen LogP contribution in [0, 0.1) is 0 Å². The van der Waals surface area contributed by atoms with Crippen LogP contribution in [0.4, 0.5) is 5.82 Å². The fourth-order valence-electron chi connectivity index (χ4n) is 2.86. The Morgan fingerprint density at radius 3 is 2.50 bits per heavy atom. The number of likely N-dealkylation sites (N-methyl/N-ethyl adjacent to an activating group) is 1. The van der Waals surface area contributed by atoms with E-state index >= 15 is 0 Å². The van der Waals surface area contributed by atoms with Gasteiger partial charge in [-0.3, -0.25) is 4.90 Å². The van der Waals surface area contributed by atoms with Crippen LogP contribution in [-0.2, 0) is 0 Å². The lowest BCUT2D eigenvalue weighted by Crippen LogP contribution is -2.52. The van der Waals surface area contributed by atoms with Gasteiger partial charge in [-0.1, -0.05) is 11.6 Å². The van der Waals surface area contributed by atoms with Gasteiger partial charge in [0.1, 0.15) is 5.82 Å². The smallest absolute Gasteiger partial charge is 0.128 e. The van der Waals surface area contributed by atoms with Gasteiger partial charge in [0.2, 0.25) is 0 Å². The monoisotopic (exact) mass is 237 g/mol. The summed E-state index contributed by atoms with van der Waals surface area (Å²) in [4.78, 5) is 9.31. The van der Waals surface area contributed by atoms with E-state index in [0.29, 0.717) is 17.1 Å². The lowest BCUT2D eigenvalue weighted by atomic mass is 10.2. The highest BCUT2D eigenvalue weighted by Gasteiger charge is 2.37. The summed E-state index contributed by atoms with van der Waals surface area (Å²) in [5.41, 5.74) is 0. The Morgan fingerprint density at radius 1 is 1.25 bits per heavy atom. The van der Waals surface area contributed by atoms with Crippen molar-refractivity contribution in [1.29, 1.82) is 0 Å². The molecule has 2 bridgehead atoms. The third-order valence-corrected chi connectivity index (χ3v) is 4.11. The number of fused-ring (bicyclic) bond motifs is 2. The van der Waals surface area contributed by atoms with Crippen molar-refractivity contribution in [3.8, 4) is 0 Å². The van der Waals surface area contributed by atoms with E-state index in [-0.39, 0.29) is 0 Å². The first-order valence-corrected chi connectivity index (χ1v) is 6.20. The summed E-state index contributed by atoms with van der Waals surface area (Å²) in [6, 6.07) is 5.35. The van der Waals surface area contributed by atoms with Crippen LogP contribution in [0.3, 0.4) is 0 Å². The summed E-state index contributed by atoms with van der Waals surface area (Å²) in [6.45, 7) is 2.20. The molecule has 2 aliphatic rings. The lowest BCUT2D eigenvalue weighted by Gasteiger charge is -2.39. The van der Waals surface area contributed by atoms with Gasteiger partial charge >= 0.3 is 0 Å². The summed E-state index contributed by atoms with van der Waals surface area (Å²) in [7, 11) is 2.25. The van der Waals surface area contributed by atoms with Crippen LogP contribution in [0.2, 0.25) is 5.02 Å². The molecule has 0 radical (unpaired) electrons. The summed E-state index contributed by atoms with van der Waals surface area (Å²) >= 11 is 5.85. The zero-order valence-corrected chi connectivity index (χ0v) is 10.2. The number of halogens is 1. The van der Waals surface area contributed by atoms with Crippen LogP contribution in [0.5, 0.6) is 0 Å². The Balaban J connectivity index is 1.80. The van der Waals surface area contributed by atoms with Crippen LogP contribution in [-0.4, -0.2) is 42.1 Å². The van der Waals surface area contributed by atoms with E-state index in [1.54, 1.807) is 6.20 Å². The number of piperazine rings is 1. The van der Waals surface area contributed by atoms with Crippen molar-refractivity contribution in [2.24, 2.45) is 0 Å². The van der Waals surface area contributed by atoms with Gasteiger partial charge in [0, 0.05) is 31.4 Å². The highest BCUT2D eigenvalue weighted by atomic mass is 35.5. The van der Waals surface area contributed by atoms with Gasteiger partial charge < -0.3 is 4.90 Å². The first-order valence-electron chi connectivity index (χ1n) is 5.82. The molecule has 1 aromatic rings. The topological polar surface area (TPSA) is 19.4 Å². The Labute approximate surface area is 101 Å². The standard InChI is InChI=1S/C12H16ClN3/c1-15-10-3-4-11(15)8-16(7-10)12-5-2-9(13)6-14-12/h2,5-6,10-11H,3-4,7-8H2,1H3/t10-,11?/m1/s1. The molecular formula is C12H16ClN3. The van der Waals surface area contributed by atoms with Crippen molar-refractivity contribution < 1.29 is 0 Å². The number of nitrogens with zero attached hydrogens (tertiary/aromatic N) is 3. The molecule has 1 unspecified atom stereocenters. The van der Waals surface area contributed by atoms with Gasteiger partial charge in [0.15, 0.2) is 0 Å². The van der Waals surface area contributed by atoms with E-state index < -0.39 is 0 Å². The number of pyridine rings is 1. The molecule has 2 atom stereocenters. The van der Waals surface area contributed by atoms with Gasteiger partial charge in [-0.2, -0.15) is 0 Å². The Hall–Kier alpha value is -0.800. The molecule has 0 saturated carbocycles. The number of hydrogen-bond donors (Lipinski definition) is 0. The molecule has 2 saturated heterocycles. The largest absolute Gasteiger partial charge is 0.353 e. The third kappa shape index (κ3) is 1.68.